The molecule has 1 rings (SSSR count). The van der Waals surface area contributed by atoms with Crippen molar-refractivity contribution in [3.63, 3.8) is 0 Å². The maximum absolute atomic E-state index is 11.2. The second kappa shape index (κ2) is 7.27. The number of ether oxygens (including phenoxy) is 2. The zero-order valence-corrected chi connectivity index (χ0v) is 10.3. The molecule has 0 spiro atoms. The molecule has 0 saturated heterocycles. The Kier molecular flexibility index (Phi) is 5.64. The highest BCUT2D eigenvalue weighted by molar-refractivity contribution is 5.81. The van der Waals surface area contributed by atoms with Crippen LogP contribution in [0.3, 0.4) is 0 Å². The number of benzene rings is 1. The van der Waals surface area contributed by atoms with Gasteiger partial charge in [-0.1, -0.05) is 35.9 Å². The highest BCUT2D eigenvalue weighted by atomic mass is 16.7. The average Bonchev–Trinajstić information content (AvgIpc) is 2.35. The minimum Gasteiger partial charge on any atom is -0.429 e. The van der Waals surface area contributed by atoms with Gasteiger partial charge in [-0.15, -0.1) is 6.58 Å². The molecule has 4 heteroatoms. The van der Waals surface area contributed by atoms with Gasteiger partial charge >= 0.3 is 12.1 Å². The molecule has 0 saturated carbocycles. The lowest BCUT2D eigenvalue weighted by Crippen LogP contribution is -2.13. The molecule has 0 bridgehead atoms. The summed E-state index contributed by atoms with van der Waals surface area (Å²) >= 11 is 0. The molecule has 0 fully saturated rings. The number of rotatable bonds is 5. The molecule has 0 atom stereocenters. The molecule has 0 aliphatic carbocycles. The number of carbonyl (C=O) groups is 2. The van der Waals surface area contributed by atoms with E-state index in [4.69, 9.17) is 4.74 Å². The van der Waals surface area contributed by atoms with Crippen LogP contribution in [-0.2, 0) is 20.9 Å². The first-order valence-corrected chi connectivity index (χ1v) is 5.63. The van der Waals surface area contributed by atoms with E-state index >= 15 is 0 Å². The first-order chi connectivity index (χ1) is 8.58. The summed E-state index contributed by atoms with van der Waals surface area (Å²) in [5.41, 5.74) is 1.70. The van der Waals surface area contributed by atoms with Gasteiger partial charge in [-0.2, -0.15) is 0 Å². The standard InChI is InChI=1S/C14H16O4/c1-11(2)8-9-13(15)18-14(16)17-10-12-6-4-3-5-7-12/h3-7H,1,8-10H2,2H3. The van der Waals surface area contributed by atoms with Crippen LogP contribution in [-0.4, -0.2) is 12.1 Å². The Balaban J connectivity index is 2.25. The summed E-state index contributed by atoms with van der Waals surface area (Å²) in [6.45, 7) is 5.56. The SMILES string of the molecule is C=C(C)CCC(=O)OC(=O)OCc1ccccc1. The predicted molar refractivity (Wildman–Crippen MR) is 66.8 cm³/mol. The van der Waals surface area contributed by atoms with E-state index in [-0.39, 0.29) is 13.0 Å². The Bertz CT molecular complexity index is 423. The molecule has 0 amide bonds. The lowest BCUT2D eigenvalue weighted by molar-refractivity contribution is -0.139. The number of hydrogen-bond donors (Lipinski definition) is 0. The maximum Gasteiger partial charge on any atom is 0.516 e. The van der Waals surface area contributed by atoms with E-state index in [0.29, 0.717) is 6.42 Å². The average molecular weight is 248 g/mol. The number of hydrogen-bond acceptors (Lipinski definition) is 4. The Morgan fingerprint density at radius 3 is 2.44 bits per heavy atom. The van der Waals surface area contributed by atoms with Crippen molar-refractivity contribution >= 4 is 12.1 Å². The summed E-state index contributed by atoms with van der Waals surface area (Å²) in [7, 11) is 0. The molecule has 0 radical (unpaired) electrons. The van der Waals surface area contributed by atoms with Crippen molar-refractivity contribution in [2.75, 3.05) is 0 Å². The second-order valence-corrected chi connectivity index (χ2v) is 3.96. The molecule has 96 valence electrons. The number of esters is 1. The van der Waals surface area contributed by atoms with Gasteiger partial charge in [0.15, 0.2) is 0 Å². The van der Waals surface area contributed by atoms with Gasteiger partial charge in [-0.3, -0.25) is 4.79 Å². The van der Waals surface area contributed by atoms with Crippen molar-refractivity contribution in [1.82, 2.24) is 0 Å². The van der Waals surface area contributed by atoms with Crippen LogP contribution in [0.5, 0.6) is 0 Å². The Morgan fingerprint density at radius 1 is 1.17 bits per heavy atom. The van der Waals surface area contributed by atoms with Crippen LogP contribution in [0, 0.1) is 0 Å². The van der Waals surface area contributed by atoms with E-state index in [1.165, 1.54) is 0 Å². The maximum atomic E-state index is 11.2. The molecule has 1 aromatic rings. The van der Waals surface area contributed by atoms with Crippen molar-refractivity contribution in [2.24, 2.45) is 0 Å². The summed E-state index contributed by atoms with van der Waals surface area (Å²) in [5, 5.41) is 0. The molecule has 0 heterocycles. The first-order valence-electron chi connectivity index (χ1n) is 5.63. The van der Waals surface area contributed by atoms with E-state index in [9.17, 15) is 9.59 Å². The monoisotopic (exact) mass is 248 g/mol. The number of carbonyl (C=O) groups excluding carboxylic acids is 2. The van der Waals surface area contributed by atoms with Crippen molar-refractivity contribution in [1.29, 1.82) is 0 Å². The van der Waals surface area contributed by atoms with E-state index in [0.717, 1.165) is 11.1 Å². The quantitative estimate of drug-likeness (QED) is 0.456. The molecular weight excluding hydrogens is 232 g/mol. The Hall–Kier alpha value is -2.10. The fraction of sp³-hybridized carbons (Fsp3) is 0.286. The summed E-state index contributed by atoms with van der Waals surface area (Å²) in [5.74, 6) is -0.601. The zero-order chi connectivity index (χ0) is 13.4. The fourth-order valence-corrected chi connectivity index (χ4v) is 1.21. The van der Waals surface area contributed by atoms with Crippen molar-refractivity contribution in [3.8, 4) is 0 Å². The minimum absolute atomic E-state index is 0.0907. The lowest BCUT2D eigenvalue weighted by Gasteiger charge is -2.04. The first kappa shape index (κ1) is 14.0. The summed E-state index contributed by atoms with van der Waals surface area (Å²) in [4.78, 5) is 22.4. The molecule has 1 aromatic carbocycles. The van der Waals surface area contributed by atoms with Gasteiger partial charge < -0.3 is 9.47 Å². The third-order valence-corrected chi connectivity index (χ3v) is 2.15. The van der Waals surface area contributed by atoms with Gasteiger partial charge in [0.2, 0.25) is 0 Å². The van der Waals surface area contributed by atoms with Crippen LogP contribution in [0.15, 0.2) is 42.5 Å². The smallest absolute Gasteiger partial charge is 0.429 e. The van der Waals surface area contributed by atoms with Crippen molar-refractivity contribution in [2.45, 2.75) is 26.4 Å². The zero-order valence-electron chi connectivity index (χ0n) is 10.3. The van der Waals surface area contributed by atoms with Crippen LogP contribution in [0.4, 0.5) is 4.79 Å². The second-order valence-electron chi connectivity index (χ2n) is 3.96. The summed E-state index contributed by atoms with van der Waals surface area (Å²) in [6.07, 6.45) is -0.328. The molecule has 0 aliphatic heterocycles. The van der Waals surface area contributed by atoms with E-state index in [1.807, 2.05) is 30.3 Å². The third kappa shape index (κ3) is 5.84. The van der Waals surface area contributed by atoms with Gasteiger partial charge in [-0.25, -0.2) is 4.79 Å². The van der Waals surface area contributed by atoms with Crippen molar-refractivity contribution in [3.05, 3.63) is 48.0 Å². The van der Waals surface area contributed by atoms with Crippen LogP contribution in [0.2, 0.25) is 0 Å². The summed E-state index contributed by atoms with van der Waals surface area (Å²) < 4.78 is 9.28. The van der Waals surface area contributed by atoms with Gasteiger partial charge in [0.25, 0.3) is 0 Å². The van der Waals surface area contributed by atoms with E-state index < -0.39 is 12.1 Å². The molecule has 0 aliphatic rings. The van der Waals surface area contributed by atoms with Crippen LogP contribution >= 0.6 is 0 Å². The third-order valence-electron chi connectivity index (χ3n) is 2.15. The van der Waals surface area contributed by atoms with Gasteiger partial charge in [0.1, 0.15) is 6.61 Å². The lowest BCUT2D eigenvalue weighted by atomic mass is 10.2. The highest BCUT2D eigenvalue weighted by Gasteiger charge is 2.11. The minimum atomic E-state index is -0.967. The van der Waals surface area contributed by atoms with Crippen LogP contribution < -0.4 is 0 Å². The van der Waals surface area contributed by atoms with Gasteiger partial charge in [-0.05, 0) is 18.9 Å². The molecular formula is C14H16O4. The molecule has 0 aromatic heterocycles. The molecule has 4 nitrogen and oxygen atoms in total. The van der Waals surface area contributed by atoms with Gasteiger partial charge in [0.05, 0.1) is 0 Å². The molecule has 18 heavy (non-hydrogen) atoms. The molecule has 0 unspecified atom stereocenters. The normalized spacial score (nSPS) is 9.61. The molecule has 0 N–H and O–H groups in total. The van der Waals surface area contributed by atoms with E-state index in [1.54, 1.807) is 6.92 Å². The number of allylic oxidation sites excluding steroid dienone is 1. The van der Waals surface area contributed by atoms with Crippen molar-refractivity contribution < 1.29 is 19.1 Å². The van der Waals surface area contributed by atoms with E-state index in [2.05, 4.69) is 11.3 Å². The van der Waals surface area contributed by atoms with Crippen LogP contribution in [0.1, 0.15) is 25.3 Å². The van der Waals surface area contributed by atoms with Crippen LogP contribution in [0.25, 0.3) is 0 Å². The Labute approximate surface area is 106 Å². The van der Waals surface area contributed by atoms with Gasteiger partial charge in [0, 0.05) is 6.42 Å². The fourth-order valence-electron chi connectivity index (χ4n) is 1.21. The largest absolute Gasteiger partial charge is 0.516 e. The Morgan fingerprint density at radius 2 is 1.83 bits per heavy atom. The predicted octanol–water partition coefficient (Wildman–Crippen LogP) is 3.22. The summed E-state index contributed by atoms with van der Waals surface area (Å²) in [6, 6.07) is 9.17. The highest BCUT2D eigenvalue weighted by Crippen LogP contribution is 2.04. The topological polar surface area (TPSA) is 52.6 Å².